The van der Waals surface area contributed by atoms with Crippen LogP contribution in [0.25, 0.3) is 0 Å². The maximum absolute atomic E-state index is 10.3. The van der Waals surface area contributed by atoms with Crippen molar-refractivity contribution in [2.45, 2.75) is 19.3 Å². The second kappa shape index (κ2) is 8.49. The third-order valence-electron chi connectivity index (χ3n) is 1.50. The van der Waals surface area contributed by atoms with E-state index in [9.17, 15) is 4.79 Å². The molecular weight excluding hydrogens is 156 g/mol. The van der Waals surface area contributed by atoms with Gasteiger partial charge in [-0.15, -0.1) is 0 Å². The first-order chi connectivity index (χ1) is 5.77. The summed E-state index contributed by atoms with van der Waals surface area (Å²) < 4.78 is 4.89. The number of primary amides is 1. The quantitative estimate of drug-likeness (QED) is 0.504. The Balaban J connectivity index is 2.86. The summed E-state index contributed by atoms with van der Waals surface area (Å²) in [5, 5.41) is 2.95. The molecular formula is C8H18N2O2. The summed E-state index contributed by atoms with van der Waals surface area (Å²) in [5.74, 6) is -0.299. The molecule has 0 rings (SSSR count). The molecule has 0 radical (unpaired) electrons. The highest BCUT2D eigenvalue weighted by atomic mass is 16.5. The number of amides is 1. The van der Waals surface area contributed by atoms with Crippen LogP contribution in [0.1, 0.15) is 19.3 Å². The normalized spacial score (nSPS) is 10.1. The summed E-state index contributed by atoms with van der Waals surface area (Å²) in [4.78, 5) is 10.3. The second-order valence-corrected chi connectivity index (χ2v) is 2.70. The number of hydrogen-bond acceptors (Lipinski definition) is 3. The fraction of sp³-hybridized carbons (Fsp3) is 0.875. The average Bonchev–Trinajstić information content (AvgIpc) is 2.02. The number of carbonyl (C=O) groups is 1. The topological polar surface area (TPSA) is 64.3 Å². The first kappa shape index (κ1) is 11.4. The number of unbranched alkanes of at least 4 members (excludes halogenated alkanes) is 2. The van der Waals surface area contributed by atoms with Crippen molar-refractivity contribution < 1.29 is 9.53 Å². The van der Waals surface area contributed by atoms with E-state index in [1.54, 1.807) is 7.11 Å². The van der Waals surface area contributed by atoms with Gasteiger partial charge in [0.2, 0.25) is 5.91 Å². The van der Waals surface area contributed by atoms with Gasteiger partial charge in [0.15, 0.2) is 0 Å². The van der Waals surface area contributed by atoms with Crippen molar-refractivity contribution in [1.82, 2.24) is 5.32 Å². The largest absolute Gasteiger partial charge is 0.385 e. The van der Waals surface area contributed by atoms with Gasteiger partial charge in [0, 0.05) is 13.7 Å². The Bertz CT molecular complexity index is 118. The Kier molecular flexibility index (Phi) is 8.05. The molecule has 4 heteroatoms. The molecule has 12 heavy (non-hydrogen) atoms. The van der Waals surface area contributed by atoms with Crippen LogP contribution < -0.4 is 11.1 Å². The van der Waals surface area contributed by atoms with Gasteiger partial charge in [-0.05, 0) is 25.8 Å². The third kappa shape index (κ3) is 9.39. The predicted molar refractivity (Wildman–Crippen MR) is 47.8 cm³/mol. The Hall–Kier alpha value is -0.610. The lowest BCUT2D eigenvalue weighted by Crippen LogP contribution is -2.29. The van der Waals surface area contributed by atoms with E-state index in [1.165, 1.54) is 0 Å². The molecule has 0 bridgehead atoms. The van der Waals surface area contributed by atoms with Crippen LogP contribution >= 0.6 is 0 Å². The molecule has 1 amide bonds. The maximum atomic E-state index is 10.3. The van der Waals surface area contributed by atoms with Crippen LogP contribution in [0.4, 0.5) is 0 Å². The van der Waals surface area contributed by atoms with E-state index in [0.717, 1.165) is 32.4 Å². The van der Waals surface area contributed by atoms with Gasteiger partial charge in [0.1, 0.15) is 0 Å². The van der Waals surface area contributed by atoms with Crippen LogP contribution in [-0.4, -0.2) is 32.7 Å². The van der Waals surface area contributed by atoms with E-state index in [2.05, 4.69) is 5.32 Å². The molecule has 0 aromatic rings. The lowest BCUT2D eigenvalue weighted by Gasteiger charge is -2.01. The zero-order chi connectivity index (χ0) is 9.23. The average molecular weight is 174 g/mol. The number of rotatable bonds is 8. The zero-order valence-corrected chi connectivity index (χ0v) is 7.64. The van der Waals surface area contributed by atoms with Crippen molar-refractivity contribution in [1.29, 1.82) is 0 Å². The fourth-order valence-corrected chi connectivity index (χ4v) is 0.885. The Morgan fingerprint density at radius 2 is 2.17 bits per heavy atom. The zero-order valence-electron chi connectivity index (χ0n) is 7.64. The summed E-state index contributed by atoms with van der Waals surface area (Å²) in [6.07, 6.45) is 3.27. The van der Waals surface area contributed by atoms with E-state index >= 15 is 0 Å². The molecule has 0 aliphatic carbocycles. The number of hydrogen-bond donors (Lipinski definition) is 2. The lowest BCUT2D eigenvalue weighted by atomic mass is 10.2. The molecule has 0 unspecified atom stereocenters. The van der Waals surface area contributed by atoms with Crippen molar-refractivity contribution in [2.24, 2.45) is 5.73 Å². The second-order valence-electron chi connectivity index (χ2n) is 2.70. The van der Waals surface area contributed by atoms with Crippen molar-refractivity contribution in [3.8, 4) is 0 Å². The van der Waals surface area contributed by atoms with Crippen LogP contribution in [0.3, 0.4) is 0 Å². The van der Waals surface area contributed by atoms with Crippen LogP contribution in [0.2, 0.25) is 0 Å². The van der Waals surface area contributed by atoms with Crippen LogP contribution in [0, 0.1) is 0 Å². The lowest BCUT2D eigenvalue weighted by molar-refractivity contribution is -0.117. The van der Waals surface area contributed by atoms with Gasteiger partial charge in [-0.2, -0.15) is 0 Å². The number of nitrogens with two attached hydrogens (primary N) is 1. The molecule has 0 saturated heterocycles. The molecule has 0 aliphatic heterocycles. The van der Waals surface area contributed by atoms with Gasteiger partial charge in [0.25, 0.3) is 0 Å². The molecule has 4 nitrogen and oxygen atoms in total. The SMILES string of the molecule is COCCCCCNCC(N)=O. The number of methoxy groups -OCH3 is 1. The minimum atomic E-state index is -0.299. The van der Waals surface area contributed by atoms with Crippen molar-refractivity contribution in [3.05, 3.63) is 0 Å². The highest BCUT2D eigenvalue weighted by Crippen LogP contribution is 1.93. The molecule has 0 aromatic carbocycles. The van der Waals surface area contributed by atoms with E-state index < -0.39 is 0 Å². The van der Waals surface area contributed by atoms with Gasteiger partial charge in [0.05, 0.1) is 6.54 Å². The van der Waals surface area contributed by atoms with E-state index in [0.29, 0.717) is 0 Å². The standard InChI is InChI=1S/C8H18N2O2/c1-12-6-4-2-3-5-10-7-8(9)11/h10H,2-7H2,1H3,(H2,9,11). The Labute approximate surface area is 73.5 Å². The Morgan fingerprint density at radius 3 is 2.75 bits per heavy atom. The smallest absolute Gasteiger partial charge is 0.231 e. The van der Waals surface area contributed by atoms with Crippen molar-refractivity contribution in [3.63, 3.8) is 0 Å². The monoisotopic (exact) mass is 174 g/mol. The molecule has 0 spiro atoms. The first-order valence-electron chi connectivity index (χ1n) is 4.25. The van der Waals surface area contributed by atoms with E-state index in [1.807, 2.05) is 0 Å². The number of carbonyl (C=O) groups excluding carboxylic acids is 1. The van der Waals surface area contributed by atoms with Crippen molar-refractivity contribution >= 4 is 5.91 Å². The number of nitrogens with one attached hydrogen (secondary N) is 1. The summed E-state index contributed by atoms with van der Waals surface area (Å²) in [5.41, 5.74) is 4.93. The minimum Gasteiger partial charge on any atom is -0.385 e. The first-order valence-corrected chi connectivity index (χ1v) is 4.25. The molecule has 0 aliphatic rings. The van der Waals surface area contributed by atoms with E-state index in [4.69, 9.17) is 10.5 Å². The molecule has 0 saturated carbocycles. The van der Waals surface area contributed by atoms with Gasteiger partial charge in [-0.1, -0.05) is 0 Å². The van der Waals surface area contributed by atoms with Crippen molar-refractivity contribution in [2.75, 3.05) is 26.8 Å². The highest BCUT2D eigenvalue weighted by Gasteiger charge is 1.92. The summed E-state index contributed by atoms with van der Waals surface area (Å²) in [6, 6.07) is 0. The number of ether oxygens (including phenoxy) is 1. The van der Waals surface area contributed by atoms with Gasteiger partial charge >= 0.3 is 0 Å². The van der Waals surface area contributed by atoms with Crippen LogP contribution in [0.5, 0.6) is 0 Å². The van der Waals surface area contributed by atoms with Gasteiger partial charge in [-0.3, -0.25) is 4.79 Å². The molecule has 0 heterocycles. The summed E-state index contributed by atoms with van der Waals surface area (Å²) in [7, 11) is 1.70. The minimum absolute atomic E-state index is 0.282. The highest BCUT2D eigenvalue weighted by molar-refractivity contribution is 5.75. The van der Waals surface area contributed by atoms with Gasteiger partial charge in [-0.25, -0.2) is 0 Å². The third-order valence-corrected chi connectivity index (χ3v) is 1.50. The van der Waals surface area contributed by atoms with Crippen LogP contribution in [-0.2, 0) is 9.53 Å². The molecule has 0 fully saturated rings. The Morgan fingerprint density at radius 1 is 1.42 bits per heavy atom. The molecule has 72 valence electrons. The van der Waals surface area contributed by atoms with Crippen LogP contribution in [0.15, 0.2) is 0 Å². The van der Waals surface area contributed by atoms with Gasteiger partial charge < -0.3 is 15.8 Å². The molecule has 3 N–H and O–H groups in total. The van der Waals surface area contributed by atoms with E-state index in [-0.39, 0.29) is 12.5 Å². The summed E-state index contributed by atoms with van der Waals surface area (Å²) >= 11 is 0. The fourth-order valence-electron chi connectivity index (χ4n) is 0.885. The molecule has 0 aromatic heterocycles. The predicted octanol–water partition coefficient (Wildman–Crippen LogP) is -0.122. The maximum Gasteiger partial charge on any atom is 0.231 e. The molecule has 0 atom stereocenters. The summed E-state index contributed by atoms with van der Waals surface area (Å²) in [6.45, 7) is 1.95.